The van der Waals surface area contributed by atoms with Crippen LogP contribution in [0, 0.1) is 0 Å². The summed E-state index contributed by atoms with van der Waals surface area (Å²) in [6.45, 7) is -0.973. The Hall–Kier alpha value is -1.21. The first-order valence-corrected chi connectivity index (χ1v) is 5.61. The van der Waals surface area contributed by atoms with Gasteiger partial charge in [-0.2, -0.15) is 0 Å². The second-order valence-electron chi connectivity index (χ2n) is 4.10. The Morgan fingerprint density at radius 2 is 1.72 bits per heavy atom. The molecule has 1 aliphatic heterocycles. The molecule has 1 heterocycles. The third-order valence-electron chi connectivity index (χ3n) is 2.82. The number of aliphatic hydroxyl groups is 3. The average Bonchev–Trinajstić information content (AvgIpc) is 2.40. The summed E-state index contributed by atoms with van der Waals surface area (Å²) in [4.78, 5) is 0. The molecule has 18 heavy (non-hydrogen) atoms. The summed E-state index contributed by atoms with van der Waals surface area (Å²) in [5, 5.41) is 28.7. The van der Waals surface area contributed by atoms with E-state index in [1.165, 1.54) is 0 Å². The summed E-state index contributed by atoms with van der Waals surface area (Å²) in [6, 6.07) is 8.51. The normalized spacial score (nSPS) is 36.3. The zero-order valence-electron chi connectivity index (χ0n) is 9.52. The monoisotopic (exact) mass is 258 g/mol. The van der Waals surface area contributed by atoms with E-state index in [0.29, 0.717) is 5.75 Å². The molecule has 3 N–H and O–H groups in total. The third-order valence-corrected chi connectivity index (χ3v) is 2.82. The maximum absolute atomic E-state index is 12.6. The molecule has 1 aromatic carbocycles. The van der Waals surface area contributed by atoms with Crippen molar-refractivity contribution in [2.45, 2.75) is 30.7 Å². The van der Waals surface area contributed by atoms with Crippen molar-refractivity contribution in [2.75, 3.05) is 6.67 Å². The van der Waals surface area contributed by atoms with E-state index < -0.39 is 37.4 Å². The zero-order chi connectivity index (χ0) is 13.1. The molecular weight excluding hydrogens is 243 g/mol. The van der Waals surface area contributed by atoms with Gasteiger partial charge in [-0.25, -0.2) is 4.39 Å². The van der Waals surface area contributed by atoms with Gasteiger partial charge in [0.2, 0.25) is 6.29 Å². The van der Waals surface area contributed by atoms with Gasteiger partial charge >= 0.3 is 0 Å². The molecule has 0 saturated carbocycles. The highest BCUT2D eigenvalue weighted by Crippen LogP contribution is 2.24. The van der Waals surface area contributed by atoms with Gasteiger partial charge in [0.1, 0.15) is 36.8 Å². The third kappa shape index (κ3) is 2.62. The molecule has 1 fully saturated rings. The molecule has 1 aliphatic rings. The highest BCUT2D eigenvalue weighted by molar-refractivity contribution is 5.21. The van der Waals surface area contributed by atoms with Crippen LogP contribution in [0.5, 0.6) is 5.75 Å². The predicted octanol–water partition coefficient (Wildman–Crippen LogP) is -0.157. The Bertz CT molecular complexity index is 372. The number of ether oxygens (including phenoxy) is 2. The number of benzene rings is 1. The van der Waals surface area contributed by atoms with E-state index in [2.05, 4.69) is 0 Å². The molecule has 1 aromatic rings. The Morgan fingerprint density at radius 3 is 2.33 bits per heavy atom. The highest BCUT2D eigenvalue weighted by Gasteiger charge is 2.44. The second kappa shape index (κ2) is 5.62. The van der Waals surface area contributed by atoms with Crippen LogP contribution >= 0.6 is 0 Å². The minimum Gasteiger partial charge on any atom is -0.462 e. The van der Waals surface area contributed by atoms with Gasteiger partial charge in [-0.1, -0.05) is 18.2 Å². The average molecular weight is 258 g/mol. The molecule has 0 bridgehead atoms. The van der Waals surface area contributed by atoms with Gasteiger partial charge in [0.25, 0.3) is 0 Å². The highest BCUT2D eigenvalue weighted by atomic mass is 19.1. The van der Waals surface area contributed by atoms with Gasteiger partial charge in [-0.15, -0.1) is 0 Å². The van der Waals surface area contributed by atoms with Crippen LogP contribution in [0.2, 0.25) is 0 Å². The van der Waals surface area contributed by atoms with E-state index in [4.69, 9.17) is 9.47 Å². The van der Waals surface area contributed by atoms with Crippen molar-refractivity contribution in [3.05, 3.63) is 30.3 Å². The lowest BCUT2D eigenvalue weighted by atomic mass is 10.00. The van der Waals surface area contributed by atoms with E-state index in [9.17, 15) is 19.7 Å². The maximum atomic E-state index is 12.6. The molecule has 0 aromatic heterocycles. The number of para-hydroxylation sites is 1. The minimum atomic E-state index is -1.51. The van der Waals surface area contributed by atoms with E-state index >= 15 is 0 Å². The number of aliphatic hydroxyl groups excluding tert-OH is 3. The van der Waals surface area contributed by atoms with Crippen LogP contribution in [0.4, 0.5) is 4.39 Å². The quantitative estimate of drug-likeness (QED) is 0.702. The molecule has 0 spiro atoms. The van der Waals surface area contributed by atoms with Crippen molar-refractivity contribution in [2.24, 2.45) is 0 Å². The predicted molar refractivity (Wildman–Crippen MR) is 59.7 cm³/mol. The number of hydrogen-bond donors (Lipinski definition) is 3. The maximum Gasteiger partial charge on any atom is 0.229 e. The summed E-state index contributed by atoms with van der Waals surface area (Å²) < 4.78 is 23.0. The van der Waals surface area contributed by atoms with Gasteiger partial charge in [-0.3, -0.25) is 0 Å². The van der Waals surface area contributed by atoms with Gasteiger partial charge in [0.15, 0.2) is 0 Å². The Balaban J connectivity index is 2.08. The molecule has 0 aliphatic carbocycles. The van der Waals surface area contributed by atoms with Crippen molar-refractivity contribution < 1.29 is 29.2 Å². The van der Waals surface area contributed by atoms with Crippen LogP contribution in [-0.4, -0.2) is 52.7 Å². The molecule has 100 valence electrons. The molecule has 0 unspecified atom stereocenters. The molecule has 0 amide bonds. The van der Waals surface area contributed by atoms with E-state index in [1.807, 2.05) is 0 Å². The molecule has 5 nitrogen and oxygen atoms in total. The Kier molecular flexibility index (Phi) is 4.13. The fourth-order valence-corrected chi connectivity index (χ4v) is 1.77. The minimum absolute atomic E-state index is 0.419. The standard InChI is InChI=1S/C12H15FO5/c13-6-8-9(14)10(15)11(16)12(18-8)17-7-4-2-1-3-5-7/h1-5,8-12,14-16H,6H2/t8-,9-,10+,11-,12-/m1/s1. The van der Waals surface area contributed by atoms with Crippen LogP contribution in [0.25, 0.3) is 0 Å². The second-order valence-corrected chi connectivity index (χ2v) is 4.10. The van der Waals surface area contributed by atoms with E-state index in [0.717, 1.165) is 0 Å². The van der Waals surface area contributed by atoms with Crippen molar-refractivity contribution in [3.8, 4) is 5.75 Å². The lowest BCUT2D eigenvalue weighted by molar-refractivity contribution is -0.274. The fraction of sp³-hybridized carbons (Fsp3) is 0.500. The summed E-state index contributed by atoms with van der Waals surface area (Å²) in [5.74, 6) is 0.419. The Morgan fingerprint density at radius 1 is 1.06 bits per heavy atom. The summed E-state index contributed by atoms with van der Waals surface area (Å²) in [5.41, 5.74) is 0. The van der Waals surface area contributed by atoms with Crippen LogP contribution in [0.1, 0.15) is 0 Å². The first-order valence-electron chi connectivity index (χ1n) is 5.61. The van der Waals surface area contributed by atoms with Gasteiger partial charge < -0.3 is 24.8 Å². The van der Waals surface area contributed by atoms with Gasteiger partial charge in [0.05, 0.1) is 0 Å². The smallest absolute Gasteiger partial charge is 0.229 e. The van der Waals surface area contributed by atoms with Crippen molar-refractivity contribution in [3.63, 3.8) is 0 Å². The zero-order valence-corrected chi connectivity index (χ0v) is 9.52. The van der Waals surface area contributed by atoms with Crippen molar-refractivity contribution in [1.82, 2.24) is 0 Å². The van der Waals surface area contributed by atoms with Crippen molar-refractivity contribution >= 4 is 0 Å². The number of halogens is 1. The molecule has 0 radical (unpaired) electrons. The fourth-order valence-electron chi connectivity index (χ4n) is 1.77. The first kappa shape index (κ1) is 13.2. The van der Waals surface area contributed by atoms with Crippen LogP contribution in [-0.2, 0) is 4.74 Å². The molecule has 5 atom stereocenters. The van der Waals surface area contributed by atoms with Crippen LogP contribution < -0.4 is 4.74 Å². The lowest BCUT2D eigenvalue weighted by Gasteiger charge is -2.39. The Labute approximate surface area is 103 Å². The topological polar surface area (TPSA) is 79.2 Å². The summed E-state index contributed by atoms with van der Waals surface area (Å²) >= 11 is 0. The van der Waals surface area contributed by atoms with Crippen molar-refractivity contribution in [1.29, 1.82) is 0 Å². The number of hydrogen-bond acceptors (Lipinski definition) is 5. The summed E-state index contributed by atoms with van der Waals surface area (Å²) in [7, 11) is 0. The largest absolute Gasteiger partial charge is 0.462 e. The van der Waals surface area contributed by atoms with Gasteiger partial charge in [-0.05, 0) is 12.1 Å². The SMILES string of the molecule is O[C@@H]1[C@@H](O)[C@H](Oc2ccccc2)O[C@H](CF)[C@H]1O. The van der Waals surface area contributed by atoms with E-state index in [1.54, 1.807) is 30.3 Å². The number of alkyl halides is 1. The molecule has 1 saturated heterocycles. The first-order chi connectivity index (χ1) is 8.63. The molecular formula is C12H15FO5. The van der Waals surface area contributed by atoms with Crippen LogP contribution in [0.3, 0.4) is 0 Å². The molecule has 2 rings (SSSR count). The number of rotatable bonds is 3. The lowest BCUT2D eigenvalue weighted by Crippen LogP contribution is -2.59. The van der Waals surface area contributed by atoms with Gasteiger partial charge in [0, 0.05) is 0 Å². The van der Waals surface area contributed by atoms with E-state index in [-0.39, 0.29) is 0 Å². The van der Waals surface area contributed by atoms with Crippen LogP contribution in [0.15, 0.2) is 30.3 Å². The summed E-state index contributed by atoms with van der Waals surface area (Å²) in [6.07, 6.45) is -6.85. The molecule has 6 heteroatoms.